The van der Waals surface area contributed by atoms with E-state index in [1.165, 1.54) is 0 Å². The molecule has 0 aliphatic carbocycles. The molecule has 0 saturated heterocycles. The molecule has 4 nitrogen and oxygen atoms in total. The Kier molecular flexibility index (Phi) is 2.66. The van der Waals surface area contributed by atoms with E-state index < -0.39 is 0 Å². The molecule has 3 aromatic rings. The minimum Gasteiger partial charge on any atom is -0.344 e. The summed E-state index contributed by atoms with van der Waals surface area (Å²) in [6.07, 6.45) is 1.90. The van der Waals surface area contributed by atoms with Gasteiger partial charge in [0, 0.05) is 11.8 Å². The van der Waals surface area contributed by atoms with Crippen molar-refractivity contribution < 1.29 is 0 Å². The summed E-state index contributed by atoms with van der Waals surface area (Å²) < 4.78 is 1.78. The van der Waals surface area contributed by atoms with Gasteiger partial charge in [0.2, 0.25) is 0 Å². The Hall–Kier alpha value is -2.20. The first kappa shape index (κ1) is 10.3. The summed E-state index contributed by atoms with van der Waals surface area (Å²) in [5.41, 5.74) is 1.91. The lowest BCUT2D eigenvalue weighted by molar-refractivity contribution is 0.966. The van der Waals surface area contributed by atoms with Crippen molar-refractivity contribution >= 4 is 5.65 Å². The van der Waals surface area contributed by atoms with E-state index in [2.05, 4.69) is 10.1 Å². The van der Waals surface area contributed by atoms with Gasteiger partial charge in [0.15, 0.2) is 11.5 Å². The zero-order chi connectivity index (χ0) is 10.1. The average molecular weight is 212 g/mol. The van der Waals surface area contributed by atoms with E-state index in [0.29, 0.717) is 0 Å². The van der Waals surface area contributed by atoms with Crippen LogP contribution >= 0.6 is 0 Å². The van der Waals surface area contributed by atoms with Crippen LogP contribution in [0.2, 0.25) is 0 Å². The monoisotopic (exact) mass is 212 g/mol. The van der Waals surface area contributed by atoms with E-state index in [1.807, 2.05) is 54.7 Å². The maximum atomic E-state index is 4.43. The molecule has 4 heteroatoms. The van der Waals surface area contributed by atoms with Crippen LogP contribution in [-0.2, 0) is 0 Å². The summed E-state index contributed by atoms with van der Waals surface area (Å²) in [6.45, 7) is 0. The minimum absolute atomic E-state index is 0. The molecular formula is C12H12N4. The topological polar surface area (TPSA) is 65.2 Å². The van der Waals surface area contributed by atoms with E-state index >= 15 is 0 Å². The van der Waals surface area contributed by atoms with Crippen LogP contribution < -0.4 is 6.15 Å². The van der Waals surface area contributed by atoms with Crippen LogP contribution in [0.4, 0.5) is 0 Å². The molecule has 0 radical (unpaired) electrons. The second-order valence-electron chi connectivity index (χ2n) is 3.30. The Morgan fingerprint density at radius 1 is 0.875 bits per heavy atom. The summed E-state index contributed by atoms with van der Waals surface area (Å²) in [5.74, 6) is 0.766. The second-order valence-corrected chi connectivity index (χ2v) is 3.30. The Balaban J connectivity index is 0.000000963. The smallest absolute Gasteiger partial charge is 0.182 e. The quantitative estimate of drug-likeness (QED) is 0.674. The maximum Gasteiger partial charge on any atom is 0.182 e. The van der Waals surface area contributed by atoms with Gasteiger partial charge in [-0.25, -0.2) is 9.50 Å². The largest absolute Gasteiger partial charge is 0.344 e. The van der Waals surface area contributed by atoms with E-state index in [9.17, 15) is 0 Å². The Labute approximate surface area is 93.2 Å². The summed E-state index contributed by atoms with van der Waals surface area (Å²) in [7, 11) is 0. The number of hydrogen-bond donors (Lipinski definition) is 1. The highest BCUT2D eigenvalue weighted by atomic mass is 15.3. The van der Waals surface area contributed by atoms with Gasteiger partial charge in [-0.05, 0) is 12.1 Å². The predicted octanol–water partition coefficient (Wildman–Crippen LogP) is 2.56. The number of pyridine rings is 1. The first-order chi connectivity index (χ1) is 7.43. The van der Waals surface area contributed by atoms with Crippen LogP contribution in [0.3, 0.4) is 0 Å². The molecule has 80 valence electrons. The Morgan fingerprint density at radius 3 is 2.38 bits per heavy atom. The number of benzene rings is 1. The molecule has 0 fully saturated rings. The zero-order valence-electron chi connectivity index (χ0n) is 8.74. The lowest BCUT2D eigenvalue weighted by Crippen LogP contribution is -1.84. The van der Waals surface area contributed by atoms with Crippen molar-refractivity contribution in [1.29, 1.82) is 0 Å². The maximum absolute atomic E-state index is 4.43. The van der Waals surface area contributed by atoms with Crippen LogP contribution in [0.1, 0.15) is 0 Å². The first-order valence-electron chi connectivity index (χ1n) is 4.80. The molecule has 0 amide bonds. The van der Waals surface area contributed by atoms with Gasteiger partial charge in [-0.15, -0.1) is 5.10 Å². The highest BCUT2D eigenvalue weighted by Crippen LogP contribution is 2.14. The molecule has 0 spiro atoms. The highest BCUT2D eigenvalue weighted by Gasteiger charge is 2.03. The van der Waals surface area contributed by atoms with E-state index in [-0.39, 0.29) is 6.15 Å². The molecule has 3 N–H and O–H groups in total. The fourth-order valence-corrected chi connectivity index (χ4v) is 1.54. The summed E-state index contributed by atoms with van der Waals surface area (Å²) >= 11 is 0. The molecule has 2 aromatic heterocycles. The van der Waals surface area contributed by atoms with Gasteiger partial charge in [0.05, 0.1) is 0 Å². The lowest BCUT2D eigenvalue weighted by Gasteiger charge is -1.91. The Bertz CT molecular complexity index is 553. The van der Waals surface area contributed by atoms with Crippen molar-refractivity contribution in [2.75, 3.05) is 0 Å². The fourth-order valence-electron chi connectivity index (χ4n) is 1.54. The van der Waals surface area contributed by atoms with Gasteiger partial charge in [-0.1, -0.05) is 36.4 Å². The molecule has 0 saturated carbocycles. The summed E-state index contributed by atoms with van der Waals surface area (Å²) in [4.78, 5) is 4.43. The van der Waals surface area contributed by atoms with Gasteiger partial charge < -0.3 is 6.15 Å². The molecule has 0 aliphatic rings. The van der Waals surface area contributed by atoms with Crippen molar-refractivity contribution in [3.8, 4) is 11.4 Å². The van der Waals surface area contributed by atoms with E-state index in [1.54, 1.807) is 4.52 Å². The summed E-state index contributed by atoms with van der Waals surface area (Å²) in [6, 6.07) is 15.8. The fraction of sp³-hybridized carbons (Fsp3) is 0. The molecule has 0 bridgehead atoms. The van der Waals surface area contributed by atoms with Crippen LogP contribution in [0.25, 0.3) is 17.0 Å². The Morgan fingerprint density at radius 2 is 1.62 bits per heavy atom. The van der Waals surface area contributed by atoms with E-state index in [0.717, 1.165) is 17.0 Å². The third kappa shape index (κ3) is 1.66. The second kappa shape index (κ2) is 4.12. The number of aromatic nitrogens is 3. The van der Waals surface area contributed by atoms with Crippen molar-refractivity contribution in [2.45, 2.75) is 0 Å². The first-order valence-corrected chi connectivity index (χ1v) is 4.80. The number of rotatable bonds is 1. The summed E-state index contributed by atoms with van der Waals surface area (Å²) in [5, 5.41) is 4.39. The van der Waals surface area contributed by atoms with Crippen molar-refractivity contribution in [3.63, 3.8) is 0 Å². The standard InChI is InChI=1S/C12H9N3.H3N/c1-2-6-10(7-3-1)12-13-11-8-4-5-9-15(11)14-12;/h1-9H;1H3. The lowest BCUT2D eigenvalue weighted by atomic mass is 10.2. The van der Waals surface area contributed by atoms with Crippen molar-refractivity contribution in [3.05, 3.63) is 54.7 Å². The molecule has 0 atom stereocenters. The molecule has 16 heavy (non-hydrogen) atoms. The highest BCUT2D eigenvalue weighted by molar-refractivity contribution is 5.57. The molecule has 3 rings (SSSR count). The number of fused-ring (bicyclic) bond motifs is 1. The van der Waals surface area contributed by atoms with Crippen LogP contribution in [0.15, 0.2) is 54.7 Å². The molecule has 2 heterocycles. The van der Waals surface area contributed by atoms with Gasteiger partial charge >= 0.3 is 0 Å². The van der Waals surface area contributed by atoms with Crippen LogP contribution in [0, 0.1) is 0 Å². The van der Waals surface area contributed by atoms with Gasteiger partial charge in [-0.3, -0.25) is 0 Å². The zero-order valence-corrected chi connectivity index (χ0v) is 8.74. The third-order valence-corrected chi connectivity index (χ3v) is 2.27. The van der Waals surface area contributed by atoms with Gasteiger partial charge in [0.1, 0.15) is 0 Å². The van der Waals surface area contributed by atoms with Crippen LogP contribution in [-0.4, -0.2) is 14.6 Å². The molecule has 1 aromatic carbocycles. The molecule has 0 unspecified atom stereocenters. The van der Waals surface area contributed by atoms with Crippen molar-refractivity contribution in [2.24, 2.45) is 0 Å². The molecule has 0 aliphatic heterocycles. The molecular weight excluding hydrogens is 200 g/mol. The van der Waals surface area contributed by atoms with Crippen LogP contribution in [0.5, 0.6) is 0 Å². The minimum atomic E-state index is 0. The van der Waals surface area contributed by atoms with Gasteiger partial charge in [0.25, 0.3) is 0 Å². The third-order valence-electron chi connectivity index (χ3n) is 2.27. The van der Waals surface area contributed by atoms with E-state index in [4.69, 9.17) is 0 Å². The normalized spacial score (nSPS) is 10.0. The number of nitrogens with zero attached hydrogens (tertiary/aromatic N) is 3. The van der Waals surface area contributed by atoms with Crippen molar-refractivity contribution in [1.82, 2.24) is 20.7 Å². The average Bonchev–Trinajstić information content (AvgIpc) is 2.74. The SMILES string of the molecule is N.c1ccc(-c2nc3ccccn3n2)cc1. The number of hydrogen-bond acceptors (Lipinski definition) is 3. The van der Waals surface area contributed by atoms with Gasteiger partial charge in [-0.2, -0.15) is 0 Å². The predicted molar refractivity (Wildman–Crippen MR) is 63.4 cm³/mol.